The number of hydrogen-bond acceptors (Lipinski definition) is 5. The third-order valence-corrected chi connectivity index (χ3v) is 5.64. The number of rotatable bonds is 7. The molecular formula is C17H20ClN3OS2. The third-order valence-electron chi connectivity index (χ3n) is 3.35. The molecule has 2 heterocycles. The molecule has 0 unspecified atom stereocenters. The van der Waals surface area contributed by atoms with Crippen molar-refractivity contribution in [3.8, 4) is 9.88 Å². The number of benzene rings is 1. The molecule has 7 heteroatoms. The van der Waals surface area contributed by atoms with Crippen molar-refractivity contribution in [3.05, 3.63) is 41.3 Å². The maximum Gasteiger partial charge on any atom is 0.261 e. The predicted molar refractivity (Wildman–Crippen MR) is 106 cm³/mol. The Morgan fingerprint density at radius 1 is 1.08 bits per heavy atom. The summed E-state index contributed by atoms with van der Waals surface area (Å²) in [5, 5.41) is 7.18. The topological polar surface area (TPSA) is 54.0 Å². The van der Waals surface area contributed by atoms with Crippen molar-refractivity contribution in [3.63, 3.8) is 0 Å². The molecular weight excluding hydrogens is 362 g/mol. The number of thiazole rings is 1. The standard InChI is InChI=1S/C17H19N3OS2.ClH/c1-2-9-18-10-11-19-16(21)14-7-8-15(22-14)17-20-12-5-3-4-6-13(12)23-17;/h3-8,18H,2,9-11H2,1H3,(H,19,21);1H. The van der Waals surface area contributed by atoms with E-state index in [0.717, 1.165) is 39.8 Å². The van der Waals surface area contributed by atoms with Crippen LogP contribution in [0.4, 0.5) is 0 Å². The summed E-state index contributed by atoms with van der Waals surface area (Å²) >= 11 is 3.15. The summed E-state index contributed by atoms with van der Waals surface area (Å²) in [5.74, 6) is -0.0133. The van der Waals surface area contributed by atoms with E-state index in [1.807, 2.05) is 30.3 Å². The first-order valence-corrected chi connectivity index (χ1v) is 9.36. The number of aromatic nitrogens is 1. The average Bonchev–Trinajstić information content (AvgIpc) is 3.21. The maximum absolute atomic E-state index is 12.1. The van der Waals surface area contributed by atoms with Crippen molar-refractivity contribution < 1.29 is 4.79 Å². The summed E-state index contributed by atoms with van der Waals surface area (Å²) in [5.41, 5.74) is 1.01. The van der Waals surface area contributed by atoms with Gasteiger partial charge in [0.1, 0.15) is 5.01 Å². The van der Waals surface area contributed by atoms with E-state index in [0.29, 0.717) is 6.54 Å². The third kappa shape index (κ3) is 4.54. The van der Waals surface area contributed by atoms with Crippen molar-refractivity contribution in [2.24, 2.45) is 0 Å². The Kier molecular flexibility index (Phi) is 7.17. The van der Waals surface area contributed by atoms with Crippen LogP contribution in [0.25, 0.3) is 20.1 Å². The van der Waals surface area contributed by atoms with Gasteiger partial charge in [-0.05, 0) is 37.2 Å². The van der Waals surface area contributed by atoms with Gasteiger partial charge in [0.15, 0.2) is 0 Å². The van der Waals surface area contributed by atoms with E-state index in [4.69, 9.17) is 0 Å². The Hall–Kier alpha value is -1.47. The molecule has 2 N–H and O–H groups in total. The quantitative estimate of drug-likeness (QED) is 0.604. The van der Waals surface area contributed by atoms with E-state index in [-0.39, 0.29) is 18.3 Å². The highest BCUT2D eigenvalue weighted by molar-refractivity contribution is 7.26. The van der Waals surface area contributed by atoms with Crippen LogP contribution < -0.4 is 10.6 Å². The van der Waals surface area contributed by atoms with E-state index in [1.54, 1.807) is 11.3 Å². The zero-order valence-electron chi connectivity index (χ0n) is 13.4. The molecule has 0 bridgehead atoms. The summed E-state index contributed by atoms with van der Waals surface area (Å²) in [6.07, 6.45) is 1.10. The van der Waals surface area contributed by atoms with Crippen LogP contribution in [0.3, 0.4) is 0 Å². The van der Waals surface area contributed by atoms with E-state index < -0.39 is 0 Å². The van der Waals surface area contributed by atoms with Gasteiger partial charge >= 0.3 is 0 Å². The number of nitrogens with zero attached hydrogens (tertiary/aromatic N) is 1. The van der Waals surface area contributed by atoms with Crippen LogP contribution in [0.2, 0.25) is 0 Å². The molecule has 0 aliphatic heterocycles. The molecule has 0 atom stereocenters. The van der Waals surface area contributed by atoms with Gasteiger partial charge in [0, 0.05) is 13.1 Å². The molecule has 0 saturated carbocycles. The van der Waals surface area contributed by atoms with Crippen LogP contribution in [-0.4, -0.2) is 30.5 Å². The lowest BCUT2D eigenvalue weighted by Gasteiger charge is -2.04. The van der Waals surface area contributed by atoms with Crippen LogP contribution in [0.5, 0.6) is 0 Å². The van der Waals surface area contributed by atoms with Crippen LogP contribution in [0.1, 0.15) is 23.0 Å². The first-order chi connectivity index (χ1) is 11.3. The van der Waals surface area contributed by atoms with Gasteiger partial charge < -0.3 is 10.6 Å². The molecule has 0 saturated heterocycles. The molecule has 0 fully saturated rings. The lowest BCUT2D eigenvalue weighted by Crippen LogP contribution is -2.31. The first kappa shape index (κ1) is 18.9. The summed E-state index contributed by atoms with van der Waals surface area (Å²) in [4.78, 5) is 18.6. The van der Waals surface area contributed by atoms with Gasteiger partial charge in [-0.25, -0.2) is 4.98 Å². The molecule has 0 spiro atoms. The summed E-state index contributed by atoms with van der Waals surface area (Å²) in [7, 11) is 0. The summed E-state index contributed by atoms with van der Waals surface area (Å²) in [6.45, 7) is 4.56. The fraction of sp³-hybridized carbons (Fsp3) is 0.294. The molecule has 2 aromatic heterocycles. The zero-order chi connectivity index (χ0) is 16.1. The SMILES string of the molecule is CCCNCCNC(=O)c1ccc(-c2nc3ccccc3s2)s1.Cl. The second kappa shape index (κ2) is 9.13. The number of nitrogens with one attached hydrogen (secondary N) is 2. The zero-order valence-corrected chi connectivity index (χ0v) is 15.8. The highest BCUT2D eigenvalue weighted by atomic mass is 35.5. The van der Waals surface area contributed by atoms with Crippen LogP contribution in [-0.2, 0) is 0 Å². The van der Waals surface area contributed by atoms with Crippen molar-refractivity contribution in [2.75, 3.05) is 19.6 Å². The van der Waals surface area contributed by atoms with Gasteiger partial charge in [0.25, 0.3) is 5.91 Å². The number of amides is 1. The van der Waals surface area contributed by atoms with Crippen molar-refractivity contribution in [2.45, 2.75) is 13.3 Å². The second-order valence-electron chi connectivity index (χ2n) is 5.16. The number of fused-ring (bicyclic) bond motifs is 1. The van der Waals surface area contributed by atoms with Gasteiger partial charge in [0.05, 0.1) is 20.0 Å². The minimum atomic E-state index is -0.0133. The van der Waals surface area contributed by atoms with Gasteiger partial charge in [-0.2, -0.15) is 0 Å². The lowest BCUT2D eigenvalue weighted by atomic mass is 10.3. The molecule has 1 aromatic carbocycles. The number of halogens is 1. The molecule has 0 aliphatic rings. The lowest BCUT2D eigenvalue weighted by molar-refractivity contribution is 0.0958. The molecule has 4 nitrogen and oxygen atoms in total. The minimum absolute atomic E-state index is 0. The molecule has 3 aromatic rings. The number of para-hydroxylation sites is 1. The van der Waals surface area contributed by atoms with Gasteiger partial charge in [-0.15, -0.1) is 35.1 Å². The summed E-state index contributed by atoms with van der Waals surface area (Å²) in [6, 6.07) is 11.9. The van der Waals surface area contributed by atoms with E-state index in [1.165, 1.54) is 16.0 Å². The van der Waals surface area contributed by atoms with E-state index in [2.05, 4.69) is 28.6 Å². The van der Waals surface area contributed by atoms with Crippen molar-refractivity contribution in [1.82, 2.24) is 15.6 Å². The number of carbonyl (C=O) groups excluding carboxylic acids is 1. The normalized spacial score (nSPS) is 10.5. The predicted octanol–water partition coefficient (Wildman–Crippen LogP) is 4.18. The monoisotopic (exact) mass is 381 g/mol. The Balaban J connectivity index is 0.00000208. The fourth-order valence-corrected chi connectivity index (χ4v) is 4.15. The average molecular weight is 382 g/mol. The molecule has 1 amide bonds. The fourth-order valence-electron chi connectivity index (χ4n) is 2.21. The smallest absolute Gasteiger partial charge is 0.261 e. The highest BCUT2D eigenvalue weighted by Gasteiger charge is 2.12. The Bertz CT molecular complexity index is 767. The van der Waals surface area contributed by atoms with Gasteiger partial charge in [0.2, 0.25) is 0 Å². The number of carbonyl (C=O) groups is 1. The molecule has 24 heavy (non-hydrogen) atoms. The van der Waals surface area contributed by atoms with Crippen LogP contribution >= 0.6 is 35.1 Å². The summed E-state index contributed by atoms with van der Waals surface area (Å²) < 4.78 is 1.17. The van der Waals surface area contributed by atoms with Gasteiger partial charge in [-0.3, -0.25) is 4.79 Å². The Morgan fingerprint density at radius 2 is 1.92 bits per heavy atom. The highest BCUT2D eigenvalue weighted by Crippen LogP contribution is 2.34. The Morgan fingerprint density at radius 3 is 2.71 bits per heavy atom. The van der Waals surface area contributed by atoms with Crippen LogP contribution in [0.15, 0.2) is 36.4 Å². The Labute approximate surface area is 155 Å². The molecule has 3 rings (SSSR count). The van der Waals surface area contributed by atoms with E-state index >= 15 is 0 Å². The van der Waals surface area contributed by atoms with Crippen molar-refractivity contribution >= 4 is 51.2 Å². The molecule has 128 valence electrons. The number of thiophene rings is 1. The van der Waals surface area contributed by atoms with Crippen molar-refractivity contribution in [1.29, 1.82) is 0 Å². The van der Waals surface area contributed by atoms with Crippen LogP contribution in [0, 0.1) is 0 Å². The van der Waals surface area contributed by atoms with Gasteiger partial charge in [-0.1, -0.05) is 19.1 Å². The molecule has 0 aliphatic carbocycles. The second-order valence-corrected chi connectivity index (χ2v) is 7.27. The number of hydrogen-bond donors (Lipinski definition) is 2. The maximum atomic E-state index is 12.1. The first-order valence-electron chi connectivity index (χ1n) is 7.72. The van der Waals surface area contributed by atoms with E-state index in [9.17, 15) is 4.79 Å². The minimum Gasteiger partial charge on any atom is -0.350 e. The molecule has 0 radical (unpaired) electrons. The largest absolute Gasteiger partial charge is 0.350 e.